The van der Waals surface area contributed by atoms with Crippen LogP contribution in [0.2, 0.25) is 0 Å². The number of rotatable bonds is 6. The van der Waals surface area contributed by atoms with Gasteiger partial charge in [-0.1, -0.05) is 30.3 Å². The van der Waals surface area contributed by atoms with Crippen LogP contribution in [0, 0.1) is 0 Å². The van der Waals surface area contributed by atoms with E-state index in [1.807, 2.05) is 30.3 Å². The first kappa shape index (κ1) is 20.6. The lowest BCUT2D eigenvalue weighted by molar-refractivity contribution is -0.125. The number of para-hydroxylation sites is 1. The van der Waals surface area contributed by atoms with E-state index in [2.05, 4.69) is 15.7 Å². The second kappa shape index (κ2) is 8.59. The predicted molar refractivity (Wildman–Crippen MR) is 117 cm³/mol. The third kappa shape index (κ3) is 4.42. The van der Waals surface area contributed by atoms with E-state index < -0.39 is 6.04 Å². The molecule has 160 valence electrons. The van der Waals surface area contributed by atoms with Crippen LogP contribution in [0.15, 0.2) is 59.6 Å². The molecule has 4 rings (SSSR count). The SMILES string of the molecule is CNC(=O)c1ccc(CN(C(=O)C2=N[C@H](C)C(=O)N(c3ccccc3)N2)C2CC2)cc1. The van der Waals surface area contributed by atoms with Gasteiger partial charge in [0.1, 0.15) is 6.04 Å². The first-order valence-electron chi connectivity index (χ1n) is 10.3. The van der Waals surface area contributed by atoms with Gasteiger partial charge >= 0.3 is 0 Å². The van der Waals surface area contributed by atoms with E-state index in [4.69, 9.17) is 0 Å². The first-order chi connectivity index (χ1) is 15.0. The van der Waals surface area contributed by atoms with E-state index in [9.17, 15) is 14.4 Å². The molecule has 1 fully saturated rings. The van der Waals surface area contributed by atoms with Crippen LogP contribution >= 0.6 is 0 Å². The number of hydrazine groups is 1. The maximum atomic E-state index is 13.4. The molecule has 0 radical (unpaired) electrons. The summed E-state index contributed by atoms with van der Waals surface area (Å²) >= 11 is 0. The molecule has 1 atom stereocenters. The molecule has 1 heterocycles. The number of amidine groups is 1. The maximum absolute atomic E-state index is 13.4. The van der Waals surface area contributed by atoms with Gasteiger partial charge in [0.25, 0.3) is 17.7 Å². The molecular formula is C23H25N5O3. The number of nitrogens with one attached hydrogen (secondary N) is 2. The normalized spacial score (nSPS) is 18.1. The van der Waals surface area contributed by atoms with Crippen LogP contribution in [-0.2, 0) is 16.1 Å². The van der Waals surface area contributed by atoms with Crippen LogP contribution in [0.4, 0.5) is 5.69 Å². The molecule has 0 bridgehead atoms. The summed E-state index contributed by atoms with van der Waals surface area (Å²) in [4.78, 5) is 43.8. The van der Waals surface area contributed by atoms with Crippen molar-refractivity contribution in [2.45, 2.75) is 38.4 Å². The van der Waals surface area contributed by atoms with Gasteiger partial charge in [0.15, 0.2) is 0 Å². The Morgan fingerprint density at radius 2 is 1.81 bits per heavy atom. The summed E-state index contributed by atoms with van der Waals surface area (Å²) in [6.07, 6.45) is 1.87. The van der Waals surface area contributed by atoms with Gasteiger partial charge in [0.05, 0.1) is 5.69 Å². The summed E-state index contributed by atoms with van der Waals surface area (Å²) in [5.41, 5.74) is 5.07. The Morgan fingerprint density at radius 3 is 2.42 bits per heavy atom. The molecule has 1 aliphatic heterocycles. The minimum absolute atomic E-state index is 0.147. The molecule has 1 aliphatic carbocycles. The highest BCUT2D eigenvalue weighted by atomic mass is 16.2. The molecule has 1 saturated carbocycles. The maximum Gasteiger partial charge on any atom is 0.291 e. The van der Waals surface area contributed by atoms with Gasteiger partial charge in [0, 0.05) is 25.2 Å². The molecule has 31 heavy (non-hydrogen) atoms. The summed E-state index contributed by atoms with van der Waals surface area (Å²) in [7, 11) is 1.59. The van der Waals surface area contributed by atoms with Gasteiger partial charge in [-0.25, -0.2) is 10.0 Å². The number of nitrogens with zero attached hydrogens (tertiary/aromatic N) is 3. The van der Waals surface area contributed by atoms with Gasteiger partial charge in [-0.05, 0) is 49.6 Å². The Bertz CT molecular complexity index is 1020. The van der Waals surface area contributed by atoms with E-state index in [-0.39, 0.29) is 29.6 Å². The minimum Gasteiger partial charge on any atom is -0.355 e. The quantitative estimate of drug-likeness (QED) is 0.748. The number of benzene rings is 2. The molecular weight excluding hydrogens is 394 g/mol. The fraction of sp³-hybridized carbons (Fsp3) is 0.304. The van der Waals surface area contributed by atoms with Crippen molar-refractivity contribution in [3.05, 3.63) is 65.7 Å². The zero-order valence-corrected chi connectivity index (χ0v) is 17.5. The lowest BCUT2D eigenvalue weighted by Crippen LogP contribution is -2.58. The molecule has 2 aliphatic rings. The first-order valence-corrected chi connectivity index (χ1v) is 10.3. The van der Waals surface area contributed by atoms with Crippen LogP contribution in [0.25, 0.3) is 0 Å². The minimum atomic E-state index is -0.659. The lowest BCUT2D eigenvalue weighted by Gasteiger charge is -2.32. The fourth-order valence-corrected chi connectivity index (χ4v) is 3.49. The van der Waals surface area contributed by atoms with E-state index in [0.717, 1.165) is 18.4 Å². The summed E-state index contributed by atoms with van der Waals surface area (Å²) in [5.74, 6) is -0.449. The largest absolute Gasteiger partial charge is 0.355 e. The van der Waals surface area contributed by atoms with Gasteiger partial charge < -0.3 is 10.2 Å². The van der Waals surface area contributed by atoms with Crippen molar-refractivity contribution in [2.24, 2.45) is 4.99 Å². The van der Waals surface area contributed by atoms with Crippen LogP contribution in [0.1, 0.15) is 35.7 Å². The van der Waals surface area contributed by atoms with E-state index in [0.29, 0.717) is 17.8 Å². The standard InChI is InChI=1S/C23H25N5O3/c1-15-22(30)28(19-6-4-3-5-7-19)26-20(25-15)23(31)27(18-12-13-18)14-16-8-10-17(11-9-16)21(29)24-2/h3-11,15,18H,12-14H2,1-2H3,(H,24,29)(H,25,26)/t15-/m1/s1. The molecule has 2 aromatic rings. The predicted octanol–water partition coefficient (Wildman–Crippen LogP) is 1.88. The smallest absolute Gasteiger partial charge is 0.291 e. The number of hydrogen-bond acceptors (Lipinski definition) is 5. The molecule has 2 aromatic carbocycles. The zero-order chi connectivity index (χ0) is 22.0. The number of amides is 3. The highest BCUT2D eigenvalue weighted by Crippen LogP contribution is 2.29. The van der Waals surface area contributed by atoms with Crippen molar-refractivity contribution in [3.8, 4) is 0 Å². The van der Waals surface area contributed by atoms with Crippen molar-refractivity contribution >= 4 is 29.2 Å². The van der Waals surface area contributed by atoms with Gasteiger partial charge in [-0.15, -0.1) is 0 Å². The monoisotopic (exact) mass is 419 g/mol. The third-order valence-electron chi connectivity index (χ3n) is 5.38. The van der Waals surface area contributed by atoms with E-state index >= 15 is 0 Å². The average molecular weight is 419 g/mol. The highest BCUT2D eigenvalue weighted by molar-refractivity contribution is 6.39. The van der Waals surface area contributed by atoms with Gasteiger partial charge in [-0.3, -0.25) is 19.8 Å². The number of hydrogen-bond donors (Lipinski definition) is 2. The average Bonchev–Trinajstić information content (AvgIpc) is 3.64. The number of carbonyl (C=O) groups excluding carboxylic acids is 3. The van der Waals surface area contributed by atoms with Crippen LogP contribution < -0.4 is 15.8 Å². The molecule has 3 amide bonds. The van der Waals surface area contributed by atoms with Gasteiger partial charge in [0.2, 0.25) is 5.84 Å². The summed E-state index contributed by atoms with van der Waals surface area (Å²) in [6.45, 7) is 2.09. The second-order valence-electron chi connectivity index (χ2n) is 7.71. The lowest BCUT2D eigenvalue weighted by atomic mass is 10.1. The third-order valence-corrected chi connectivity index (χ3v) is 5.38. The van der Waals surface area contributed by atoms with Crippen molar-refractivity contribution in [1.29, 1.82) is 0 Å². The van der Waals surface area contributed by atoms with Crippen molar-refractivity contribution in [3.63, 3.8) is 0 Å². The Morgan fingerprint density at radius 1 is 1.13 bits per heavy atom. The molecule has 0 aromatic heterocycles. The van der Waals surface area contributed by atoms with Crippen molar-refractivity contribution in [2.75, 3.05) is 12.1 Å². The Kier molecular flexibility index (Phi) is 5.70. The molecule has 8 nitrogen and oxygen atoms in total. The fourth-order valence-electron chi connectivity index (χ4n) is 3.49. The Balaban J connectivity index is 1.53. The topological polar surface area (TPSA) is 94.1 Å². The highest BCUT2D eigenvalue weighted by Gasteiger charge is 2.38. The molecule has 0 unspecified atom stereocenters. The summed E-state index contributed by atoms with van der Waals surface area (Å²) in [6, 6.07) is 15.8. The summed E-state index contributed by atoms with van der Waals surface area (Å²) < 4.78 is 0. The number of anilines is 1. The number of carbonyl (C=O) groups is 3. The van der Waals surface area contributed by atoms with Crippen LogP contribution in [0.3, 0.4) is 0 Å². The molecule has 8 heteroatoms. The molecule has 0 saturated heterocycles. The number of aliphatic imine (C=N–C) groups is 1. The molecule has 0 spiro atoms. The van der Waals surface area contributed by atoms with E-state index in [1.165, 1.54) is 5.01 Å². The Labute approximate surface area is 180 Å². The Hall–Kier alpha value is -3.68. The van der Waals surface area contributed by atoms with Crippen molar-refractivity contribution in [1.82, 2.24) is 15.6 Å². The van der Waals surface area contributed by atoms with Crippen LogP contribution in [-0.4, -0.2) is 47.6 Å². The van der Waals surface area contributed by atoms with Crippen LogP contribution in [0.5, 0.6) is 0 Å². The molecule has 2 N–H and O–H groups in total. The summed E-state index contributed by atoms with van der Waals surface area (Å²) in [5, 5.41) is 3.98. The van der Waals surface area contributed by atoms with Gasteiger partial charge in [-0.2, -0.15) is 0 Å². The van der Waals surface area contributed by atoms with E-state index in [1.54, 1.807) is 43.1 Å². The van der Waals surface area contributed by atoms with Crippen molar-refractivity contribution < 1.29 is 14.4 Å². The second-order valence-corrected chi connectivity index (χ2v) is 7.71. The zero-order valence-electron chi connectivity index (χ0n) is 17.5.